The molecule has 0 aromatic carbocycles. The zero-order valence-corrected chi connectivity index (χ0v) is 9.65. The third-order valence-electron chi connectivity index (χ3n) is 3.16. The van der Waals surface area contributed by atoms with Gasteiger partial charge in [-0.15, -0.1) is 0 Å². The molecule has 15 heavy (non-hydrogen) atoms. The van der Waals surface area contributed by atoms with Gasteiger partial charge < -0.3 is 9.47 Å². The van der Waals surface area contributed by atoms with Crippen LogP contribution in [0.3, 0.4) is 0 Å². The lowest BCUT2D eigenvalue weighted by Gasteiger charge is -2.34. The van der Waals surface area contributed by atoms with E-state index in [4.69, 9.17) is 9.47 Å². The average molecular weight is 214 g/mol. The van der Waals surface area contributed by atoms with Crippen molar-refractivity contribution < 1.29 is 9.47 Å². The molecule has 0 N–H and O–H groups in total. The molecule has 88 valence electrons. The summed E-state index contributed by atoms with van der Waals surface area (Å²) in [7, 11) is 0. The fraction of sp³-hybridized carbons (Fsp3) is 1.00. The number of ether oxygens (including phenoxy) is 2. The quantitative estimate of drug-likeness (QED) is 0.662. The van der Waals surface area contributed by atoms with Gasteiger partial charge in [0.25, 0.3) is 0 Å². The molecule has 0 aromatic rings. The van der Waals surface area contributed by atoms with E-state index in [2.05, 4.69) is 16.7 Å². The fourth-order valence-electron chi connectivity index (χ4n) is 2.20. The Balaban J connectivity index is 1.63. The van der Waals surface area contributed by atoms with Crippen LogP contribution in [0.2, 0.25) is 0 Å². The first-order valence-electron chi connectivity index (χ1n) is 5.98. The molecule has 0 amide bonds. The predicted molar refractivity (Wildman–Crippen MR) is 59.1 cm³/mol. The summed E-state index contributed by atoms with van der Waals surface area (Å²) in [6.45, 7) is 11.6. The minimum atomic E-state index is 0.406. The SMILES string of the molecule is CC1CN(CCN2CCOCC2)CCO1. The van der Waals surface area contributed by atoms with E-state index >= 15 is 0 Å². The molecule has 0 radical (unpaired) electrons. The van der Waals surface area contributed by atoms with Crippen LogP contribution in [0, 0.1) is 0 Å². The molecule has 4 heteroatoms. The van der Waals surface area contributed by atoms with E-state index < -0.39 is 0 Å². The van der Waals surface area contributed by atoms with E-state index in [1.807, 2.05) is 0 Å². The monoisotopic (exact) mass is 214 g/mol. The Hall–Kier alpha value is -0.160. The van der Waals surface area contributed by atoms with Crippen molar-refractivity contribution in [2.75, 3.05) is 59.1 Å². The third kappa shape index (κ3) is 3.72. The molecule has 2 aliphatic heterocycles. The van der Waals surface area contributed by atoms with Gasteiger partial charge in [0, 0.05) is 39.3 Å². The first-order chi connectivity index (χ1) is 7.34. The van der Waals surface area contributed by atoms with Gasteiger partial charge in [0.05, 0.1) is 25.9 Å². The van der Waals surface area contributed by atoms with Crippen molar-refractivity contribution >= 4 is 0 Å². The minimum absolute atomic E-state index is 0.406. The van der Waals surface area contributed by atoms with Crippen LogP contribution in [-0.2, 0) is 9.47 Å². The largest absolute Gasteiger partial charge is 0.379 e. The lowest BCUT2D eigenvalue weighted by atomic mass is 10.3. The topological polar surface area (TPSA) is 24.9 Å². The average Bonchev–Trinajstić information content (AvgIpc) is 2.28. The molecule has 4 nitrogen and oxygen atoms in total. The maximum absolute atomic E-state index is 5.52. The van der Waals surface area contributed by atoms with Gasteiger partial charge >= 0.3 is 0 Å². The molecule has 1 atom stereocenters. The molecule has 2 heterocycles. The Morgan fingerprint density at radius 1 is 1.00 bits per heavy atom. The zero-order valence-electron chi connectivity index (χ0n) is 9.65. The van der Waals surface area contributed by atoms with Crippen molar-refractivity contribution in [1.82, 2.24) is 9.80 Å². The van der Waals surface area contributed by atoms with Gasteiger partial charge in [-0.2, -0.15) is 0 Å². The van der Waals surface area contributed by atoms with Crippen LogP contribution in [0.15, 0.2) is 0 Å². The molecule has 0 spiro atoms. The van der Waals surface area contributed by atoms with Crippen LogP contribution in [0.5, 0.6) is 0 Å². The number of hydrogen-bond acceptors (Lipinski definition) is 4. The van der Waals surface area contributed by atoms with Gasteiger partial charge in [0.15, 0.2) is 0 Å². The van der Waals surface area contributed by atoms with Crippen molar-refractivity contribution in [3.63, 3.8) is 0 Å². The summed E-state index contributed by atoms with van der Waals surface area (Å²) in [5.74, 6) is 0. The highest BCUT2D eigenvalue weighted by Gasteiger charge is 2.17. The molecule has 0 bridgehead atoms. The summed E-state index contributed by atoms with van der Waals surface area (Å²) in [6.07, 6.45) is 0.406. The summed E-state index contributed by atoms with van der Waals surface area (Å²) in [4.78, 5) is 4.99. The van der Waals surface area contributed by atoms with E-state index in [9.17, 15) is 0 Å². The van der Waals surface area contributed by atoms with Gasteiger partial charge in [-0.05, 0) is 6.92 Å². The Labute approximate surface area is 92.1 Å². The lowest BCUT2D eigenvalue weighted by Crippen LogP contribution is -2.46. The maximum Gasteiger partial charge on any atom is 0.0674 e. The summed E-state index contributed by atoms with van der Waals surface area (Å²) >= 11 is 0. The molecule has 2 rings (SSSR count). The minimum Gasteiger partial charge on any atom is -0.379 e. The smallest absolute Gasteiger partial charge is 0.0674 e. The second-order valence-electron chi connectivity index (χ2n) is 4.44. The van der Waals surface area contributed by atoms with Gasteiger partial charge in [0.1, 0.15) is 0 Å². The molecule has 2 saturated heterocycles. The Morgan fingerprint density at radius 2 is 1.67 bits per heavy atom. The second kappa shape index (κ2) is 5.80. The second-order valence-corrected chi connectivity index (χ2v) is 4.44. The Kier molecular flexibility index (Phi) is 4.38. The van der Waals surface area contributed by atoms with Crippen molar-refractivity contribution in [2.24, 2.45) is 0 Å². The lowest BCUT2D eigenvalue weighted by molar-refractivity contribution is -0.0252. The van der Waals surface area contributed by atoms with Gasteiger partial charge in [-0.3, -0.25) is 9.80 Å². The van der Waals surface area contributed by atoms with E-state index in [0.29, 0.717) is 6.10 Å². The highest BCUT2D eigenvalue weighted by molar-refractivity contribution is 4.70. The first-order valence-corrected chi connectivity index (χ1v) is 5.98. The van der Waals surface area contributed by atoms with E-state index in [1.165, 1.54) is 13.1 Å². The van der Waals surface area contributed by atoms with Crippen molar-refractivity contribution in [1.29, 1.82) is 0 Å². The Morgan fingerprint density at radius 3 is 2.40 bits per heavy atom. The molecule has 0 aliphatic carbocycles. The molecular formula is C11H22N2O2. The number of rotatable bonds is 3. The van der Waals surface area contributed by atoms with E-state index in [-0.39, 0.29) is 0 Å². The third-order valence-corrected chi connectivity index (χ3v) is 3.16. The van der Waals surface area contributed by atoms with E-state index in [1.54, 1.807) is 0 Å². The number of morpholine rings is 2. The van der Waals surface area contributed by atoms with Gasteiger partial charge in [-0.25, -0.2) is 0 Å². The van der Waals surface area contributed by atoms with Crippen LogP contribution < -0.4 is 0 Å². The Bertz CT molecular complexity index is 183. The van der Waals surface area contributed by atoms with Crippen LogP contribution in [0.1, 0.15) is 6.92 Å². The molecule has 0 saturated carbocycles. The van der Waals surface area contributed by atoms with E-state index in [0.717, 1.165) is 46.0 Å². The normalized spacial score (nSPS) is 30.6. The molecule has 0 aromatic heterocycles. The maximum atomic E-state index is 5.52. The summed E-state index contributed by atoms with van der Waals surface area (Å²) in [5.41, 5.74) is 0. The van der Waals surface area contributed by atoms with Crippen LogP contribution >= 0.6 is 0 Å². The summed E-state index contributed by atoms with van der Waals surface area (Å²) < 4.78 is 10.9. The molecule has 1 unspecified atom stereocenters. The predicted octanol–water partition coefficient (Wildman–Crippen LogP) is 0.0393. The zero-order chi connectivity index (χ0) is 10.5. The van der Waals surface area contributed by atoms with Gasteiger partial charge in [0.2, 0.25) is 0 Å². The summed E-state index contributed by atoms with van der Waals surface area (Å²) in [6, 6.07) is 0. The van der Waals surface area contributed by atoms with Crippen molar-refractivity contribution in [2.45, 2.75) is 13.0 Å². The summed E-state index contributed by atoms with van der Waals surface area (Å²) in [5, 5.41) is 0. The molecule has 2 aliphatic rings. The molecule has 2 fully saturated rings. The number of hydrogen-bond donors (Lipinski definition) is 0. The van der Waals surface area contributed by atoms with Crippen LogP contribution in [-0.4, -0.2) is 75.0 Å². The van der Waals surface area contributed by atoms with Crippen LogP contribution in [0.25, 0.3) is 0 Å². The van der Waals surface area contributed by atoms with Crippen molar-refractivity contribution in [3.05, 3.63) is 0 Å². The fourth-order valence-corrected chi connectivity index (χ4v) is 2.20. The first kappa shape index (κ1) is 11.3. The standard InChI is InChI=1S/C11H22N2O2/c1-11-10-13(6-9-15-11)3-2-12-4-7-14-8-5-12/h11H,2-10H2,1H3. The highest BCUT2D eigenvalue weighted by atomic mass is 16.5. The van der Waals surface area contributed by atoms with Crippen molar-refractivity contribution in [3.8, 4) is 0 Å². The number of nitrogens with zero attached hydrogens (tertiary/aromatic N) is 2. The van der Waals surface area contributed by atoms with Crippen LogP contribution in [0.4, 0.5) is 0 Å². The molecular weight excluding hydrogens is 192 g/mol. The van der Waals surface area contributed by atoms with Gasteiger partial charge in [-0.1, -0.05) is 0 Å². The highest BCUT2D eigenvalue weighted by Crippen LogP contribution is 2.04.